The summed E-state index contributed by atoms with van der Waals surface area (Å²) < 4.78 is 0. The first-order valence-corrected chi connectivity index (χ1v) is 7.98. The number of nitrogens with zero attached hydrogens (tertiary/aromatic N) is 2. The molecule has 20 heavy (non-hydrogen) atoms. The zero-order valence-corrected chi connectivity index (χ0v) is 15.4. The quantitative estimate of drug-likeness (QED) is 0.315. The largest absolute Gasteiger partial charge is 0.356 e. The van der Waals surface area contributed by atoms with Gasteiger partial charge in [-0.1, -0.05) is 6.42 Å². The summed E-state index contributed by atoms with van der Waals surface area (Å²) in [4.78, 5) is 6.90. The van der Waals surface area contributed by atoms with Gasteiger partial charge in [0.05, 0.1) is 0 Å². The summed E-state index contributed by atoms with van der Waals surface area (Å²) >= 11 is 0. The van der Waals surface area contributed by atoms with Crippen LogP contribution in [-0.4, -0.2) is 50.1 Å². The van der Waals surface area contributed by atoms with E-state index < -0.39 is 0 Å². The monoisotopic (exact) mass is 394 g/mol. The number of likely N-dealkylation sites (tertiary alicyclic amines) is 1. The van der Waals surface area contributed by atoms with Gasteiger partial charge in [0, 0.05) is 32.7 Å². The van der Waals surface area contributed by atoms with Crippen molar-refractivity contribution in [1.29, 1.82) is 0 Å². The van der Waals surface area contributed by atoms with Crippen LogP contribution in [0, 0.1) is 5.92 Å². The lowest BCUT2D eigenvalue weighted by Gasteiger charge is -2.33. The average Bonchev–Trinajstić information content (AvgIpc) is 3.24. The molecule has 1 aliphatic carbocycles. The van der Waals surface area contributed by atoms with E-state index in [1.54, 1.807) is 0 Å². The topological polar surface area (TPSA) is 39.7 Å². The second kappa shape index (κ2) is 9.82. The molecule has 1 unspecified atom stereocenters. The summed E-state index contributed by atoms with van der Waals surface area (Å²) in [5.41, 5.74) is 0. The van der Waals surface area contributed by atoms with Gasteiger partial charge in [-0.05, 0) is 51.5 Å². The lowest BCUT2D eigenvalue weighted by atomic mass is 10.0. The van der Waals surface area contributed by atoms with E-state index in [1.165, 1.54) is 51.6 Å². The van der Waals surface area contributed by atoms with Gasteiger partial charge in [0.1, 0.15) is 0 Å². The van der Waals surface area contributed by atoms with Crippen LogP contribution < -0.4 is 10.6 Å². The van der Waals surface area contributed by atoms with Gasteiger partial charge in [0.15, 0.2) is 5.96 Å². The lowest BCUT2D eigenvalue weighted by Crippen LogP contribution is -2.41. The Hall–Kier alpha value is -0.0400. The van der Waals surface area contributed by atoms with Gasteiger partial charge in [0.25, 0.3) is 0 Å². The Labute approximate surface area is 141 Å². The standard InChI is InChI=1S/C15H30N4.HI/c1-13-6-3-4-10-19(13)11-5-9-17-15(16-2)18-12-14-7-8-14;/h13-14H,3-12H2,1-2H3,(H2,16,17,18);1H. The number of hydrogen-bond donors (Lipinski definition) is 2. The Morgan fingerprint density at radius 3 is 2.65 bits per heavy atom. The van der Waals surface area contributed by atoms with Crippen molar-refractivity contribution in [3.05, 3.63) is 0 Å². The van der Waals surface area contributed by atoms with E-state index in [0.29, 0.717) is 0 Å². The van der Waals surface area contributed by atoms with Crippen LogP contribution in [0.15, 0.2) is 4.99 Å². The van der Waals surface area contributed by atoms with Gasteiger partial charge in [-0.3, -0.25) is 4.99 Å². The number of aliphatic imine (C=N–C) groups is 1. The van der Waals surface area contributed by atoms with Crippen LogP contribution >= 0.6 is 24.0 Å². The summed E-state index contributed by atoms with van der Waals surface area (Å²) in [6.07, 6.45) is 8.14. The average molecular weight is 394 g/mol. The van der Waals surface area contributed by atoms with Gasteiger partial charge >= 0.3 is 0 Å². The van der Waals surface area contributed by atoms with Crippen LogP contribution in [0.4, 0.5) is 0 Å². The third kappa shape index (κ3) is 6.61. The minimum absolute atomic E-state index is 0. The number of guanidine groups is 1. The van der Waals surface area contributed by atoms with Gasteiger partial charge in [-0.15, -0.1) is 24.0 Å². The smallest absolute Gasteiger partial charge is 0.190 e. The zero-order chi connectivity index (χ0) is 13.5. The van der Waals surface area contributed by atoms with Crippen LogP contribution in [-0.2, 0) is 0 Å². The first kappa shape index (κ1) is 18.0. The fourth-order valence-corrected chi connectivity index (χ4v) is 2.76. The fourth-order valence-electron chi connectivity index (χ4n) is 2.76. The van der Waals surface area contributed by atoms with Crippen molar-refractivity contribution >= 4 is 29.9 Å². The Balaban J connectivity index is 0.00000200. The van der Waals surface area contributed by atoms with E-state index in [9.17, 15) is 0 Å². The highest BCUT2D eigenvalue weighted by Gasteiger charge is 2.21. The molecule has 4 nitrogen and oxygen atoms in total. The van der Waals surface area contributed by atoms with E-state index in [2.05, 4.69) is 27.4 Å². The lowest BCUT2D eigenvalue weighted by molar-refractivity contribution is 0.159. The molecule has 0 spiro atoms. The van der Waals surface area contributed by atoms with Crippen molar-refractivity contribution in [1.82, 2.24) is 15.5 Å². The molecule has 1 atom stereocenters. The normalized spacial score (nSPS) is 24.1. The molecule has 1 saturated carbocycles. The van der Waals surface area contributed by atoms with Crippen LogP contribution in [0.1, 0.15) is 45.4 Å². The van der Waals surface area contributed by atoms with Gasteiger partial charge in [-0.2, -0.15) is 0 Å². The highest BCUT2D eigenvalue weighted by molar-refractivity contribution is 14.0. The van der Waals surface area contributed by atoms with Gasteiger partial charge < -0.3 is 15.5 Å². The molecule has 1 heterocycles. The molecule has 1 aliphatic heterocycles. The van der Waals surface area contributed by atoms with Crippen molar-refractivity contribution in [2.45, 2.75) is 51.5 Å². The number of rotatable bonds is 6. The Morgan fingerprint density at radius 1 is 1.20 bits per heavy atom. The van der Waals surface area contributed by atoms with Crippen LogP contribution in [0.3, 0.4) is 0 Å². The van der Waals surface area contributed by atoms with Crippen LogP contribution in [0.2, 0.25) is 0 Å². The molecule has 2 N–H and O–H groups in total. The van der Waals surface area contributed by atoms with Crippen molar-refractivity contribution in [2.75, 3.05) is 33.2 Å². The number of halogens is 1. The van der Waals surface area contributed by atoms with Crippen LogP contribution in [0.25, 0.3) is 0 Å². The maximum atomic E-state index is 4.27. The first-order chi connectivity index (χ1) is 9.29. The predicted octanol–water partition coefficient (Wildman–Crippen LogP) is 2.44. The SMILES string of the molecule is CN=C(NCCCN1CCCCC1C)NCC1CC1.I. The summed E-state index contributed by atoms with van der Waals surface area (Å²) in [6.45, 7) is 6.97. The molecule has 0 aromatic carbocycles. The molecule has 0 aromatic rings. The predicted molar refractivity (Wildman–Crippen MR) is 97.0 cm³/mol. The Kier molecular flexibility index (Phi) is 8.84. The zero-order valence-electron chi connectivity index (χ0n) is 13.0. The highest BCUT2D eigenvalue weighted by atomic mass is 127. The third-order valence-electron chi connectivity index (χ3n) is 4.33. The Bertz CT molecular complexity index is 292. The molecule has 1 saturated heterocycles. The van der Waals surface area contributed by atoms with E-state index in [-0.39, 0.29) is 24.0 Å². The highest BCUT2D eigenvalue weighted by Crippen LogP contribution is 2.27. The number of hydrogen-bond acceptors (Lipinski definition) is 2. The maximum absolute atomic E-state index is 4.27. The van der Waals surface area contributed by atoms with E-state index in [0.717, 1.165) is 31.0 Å². The molecule has 0 bridgehead atoms. The van der Waals surface area contributed by atoms with E-state index in [1.807, 2.05) is 7.05 Å². The number of piperidine rings is 1. The Morgan fingerprint density at radius 2 is 2.00 bits per heavy atom. The first-order valence-electron chi connectivity index (χ1n) is 7.98. The molecule has 118 valence electrons. The summed E-state index contributed by atoms with van der Waals surface area (Å²) in [6, 6.07) is 0.779. The molecule has 0 radical (unpaired) electrons. The van der Waals surface area contributed by atoms with E-state index >= 15 is 0 Å². The summed E-state index contributed by atoms with van der Waals surface area (Å²) in [5, 5.41) is 6.82. The molecule has 5 heteroatoms. The summed E-state index contributed by atoms with van der Waals surface area (Å²) in [5.74, 6) is 1.87. The molecular formula is C15H31IN4. The molecule has 2 aliphatic rings. The molecule has 0 aromatic heterocycles. The second-order valence-corrected chi connectivity index (χ2v) is 6.06. The summed E-state index contributed by atoms with van der Waals surface area (Å²) in [7, 11) is 1.86. The van der Waals surface area contributed by atoms with Gasteiger partial charge in [-0.25, -0.2) is 0 Å². The minimum atomic E-state index is 0. The second-order valence-electron chi connectivity index (χ2n) is 6.06. The molecular weight excluding hydrogens is 363 g/mol. The molecule has 2 rings (SSSR count). The van der Waals surface area contributed by atoms with E-state index in [4.69, 9.17) is 0 Å². The third-order valence-corrected chi connectivity index (χ3v) is 4.33. The van der Waals surface area contributed by atoms with Crippen molar-refractivity contribution in [3.8, 4) is 0 Å². The van der Waals surface area contributed by atoms with Crippen LogP contribution in [0.5, 0.6) is 0 Å². The molecule has 0 amide bonds. The van der Waals surface area contributed by atoms with Crippen molar-refractivity contribution < 1.29 is 0 Å². The fraction of sp³-hybridized carbons (Fsp3) is 0.933. The van der Waals surface area contributed by atoms with Gasteiger partial charge in [0.2, 0.25) is 0 Å². The maximum Gasteiger partial charge on any atom is 0.190 e. The number of nitrogens with one attached hydrogen (secondary N) is 2. The minimum Gasteiger partial charge on any atom is -0.356 e. The van der Waals surface area contributed by atoms with Crippen molar-refractivity contribution in [3.63, 3.8) is 0 Å². The molecule has 2 fully saturated rings. The van der Waals surface area contributed by atoms with Crippen molar-refractivity contribution in [2.24, 2.45) is 10.9 Å².